The molecule has 274 valence electrons. The quantitative estimate of drug-likeness (QED) is 0.190. The molecule has 0 bridgehead atoms. The molecule has 3 aromatic carbocycles. The Morgan fingerprint density at radius 3 is 1.96 bits per heavy atom. The van der Waals surface area contributed by atoms with Crippen LogP contribution in [-0.2, 0) is 20.4 Å². The second-order valence-corrected chi connectivity index (χ2v) is 15.3. The van der Waals surface area contributed by atoms with Crippen molar-refractivity contribution >= 4 is 75.9 Å². The Labute approximate surface area is 304 Å². The Bertz CT molecular complexity index is 1860. The number of nitrogens with zero attached hydrogens (tertiary/aromatic N) is 1. The fraction of sp³-hybridized carbons (Fsp3) is 0.353. The number of hydrogen-bond donors (Lipinski definition) is 2. The van der Waals surface area contributed by atoms with Crippen molar-refractivity contribution in [3.8, 4) is 0 Å². The molecule has 1 saturated carbocycles. The van der Waals surface area contributed by atoms with Crippen molar-refractivity contribution in [1.29, 1.82) is 0 Å². The number of halogens is 8. The zero-order chi connectivity index (χ0) is 38.4. The van der Waals surface area contributed by atoms with Crippen molar-refractivity contribution in [2.75, 3.05) is 15.5 Å². The highest BCUT2D eigenvalue weighted by Crippen LogP contribution is 2.65. The molecule has 1 aliphatic rings. The summed E-state index contributed by atoms with van der Waals surface area (Å²) in [6.45, 7) is 8.77. The summed E-state index contributed by atoms with van der Waals surface area (Å²) in [6, 6.07) is 9.39. The van der Waals surface area contributed by atoms with Gasteiger partial charge in [-0.3, -0.25) is 9.59 Å². The molecule has 17 heteroatoms. The van der Waals surface area contributed by atoms with Crippen LogP contribution in [0.15, 0.2) is 54.6 Å². The van der Waals surface area contributed by atoms with E-state index in [4.69, 9.17) is 44.3 Å². The van der Waals surface area contributed by atoms with E-state index in [1.54, 1.807) is 0 Å². The van der Waals surface area contributed by atoms with Gasteiger partial charge in [0.2, 0.25) is 5.91 Å². The first kappa shape index (κ1) is 39.6. The lowest BCUT2D eigenvalue weighted by atomic mass is 10.1. The summed E-state index contributed by atoms with van der Waals surface area (Å²) in [6.07, 6.45) is -7.57. The molecule has 0 aromatic heterocycles. The van der Waals surface area contributed by atoms with Gasteiger partial charge in [0.1, 0.15) is 21.2 Å². The first-order chi connectivity index (χ1) is 23.3. The second kappa shape index (κ2) is 14.1. The summed E-state index contributed by atoms with van der Waals surface area (Å²) in [5.74, 6) is -6.93. The van der Waals surface area contributed by atoms with Gasteiger partial charge in [-0.05, 0) is 83.5 Å². The maximum Gasteiger partial charge on any atom is 0.424 e. The largest absolute Gasteiger partial charge is 0.443 e. The van der Waals surface area contributed by atoms with Crippen LogP contribution in [0.5, 0.6) is 0 Å². The van der Waals surface area contributed by atoms with Gasteiger partial charge in [-0.15, -0.1) is 23.2 Å². The van der Waals surface area contributed by atoms with Crippen LogP contribution in [-0.4, -0.2) is 39.5 Å². The maximum atomic E-state index is 15.9. The van der Waals surface area contributed by atoms with Crippen molar-refractivity contribution < 1.29 is 50.6 Å². The van der Waals surface area contributed by atoms with E-state index in [0.717, 1.165) is 24.3 Å². The van der Waals surface area contributed by atoms with E-state index in [0.29, 0.717) is 6.07 Å². The molecule has 0 unspecified atom stereocenters. The molecule has 4 rings (SSSR count). The SMILES string of the molecule is CC(C)(C)OC(=O)N(C(=O)OC(C)(C)C)c1c(F)ccc(NC(=O)c2cc(NC(=O)[C@H]3[C@H](c4cccc(C(F)(F)F)c4)C3(Cl)Cl)ccc2Cl)c1F. The van der Waals surface area contributed by atoms with Gasteiger partial charge in [-0.1, -0.05) is 29.8 Å². The molecule has 4 amide bonds. The molecule has 1 fully saturated rings. The number of nitrogens with one attached hydrogen (secondary N) is 2. The smallest absolute Gasteiger partial charge is 0.424 e. The number of ether oxygens (including phenoxy) is 2. The van der Waals surface area contributed by atoms with Crippen LogP contribution in [0.2, 0.25) is 5.02 Å². The Hall–Kier alpha value is -4.14. The van der Waals surface area contributed by atoms with Crippen LogP contribution < -0.4 is 15.5 Å². The predicted octanol–water partition coefficient (Wildman–Crippen LogP) is 10.1. The molecule has 9 nitrogen and oxygen atoms in total. The lowest BCUT2D eigenvalue weighted by molar-refractivity contribution is -0.137. The highest BCUT2D eigenvalue weighted by Gasteiger charge is 2.67. The summed E-state index contributed by atoms with van der Waals surface area (Å²) in [5.41, 5.74) is -5.47. The Morgan fingerprint density at radius 2 is 1.41 bits per heavy atom. The first-order valence-corrected chi connectivity index (χ1v) is 16.2. The molecule has 0 aliphatic heterocycles. The zero-order valence-electron chi connectivity index (χ0n) is 27.8. The van der Waals surface area contributed by atoms with Gasteiger partial charge in [0, 0.05) is 11.6 Å². The molecule has 51 heavy (non-hydrogen) atoms. The number of benzene rings is 3. The predicted molar refractivity (Wildman–Crippen MR) is 181 cm³/mol. The van der Waals surface area contributed by atoms with Gasteiger partial charge in [-0.2, -0.15) is 18.1 Å². The van der Waals surface area contributed by atoms with Crippen molar-refractivity contribution in [3.63, 3.8) is 0 Å². The Morgan fingerprint density at radius 1 is 0.824 bits per heavy atom. The van der Waals surface area contributed by atoms with E-state index in [1.807, 2.05) is 0 Å². The number of imide groups is 1. The lowest BCUT2D eigenvalue weighted by Gasteiger charge is -2.29. The van der Waals surface area contributed by atoms with Gasteiger partial charge in [0.05, 0.1) is 27.8 Å². The van der Waals surface area contributed by atoms with Gasteiger partial charge in [-0.25, -0.2) is 18.4 Å². The van der Waals surface area contributed by atoms with E-state index in [2.05, 4.69) is 10.6 Å². The van der Waals surface area contributed by atoms with E-state index in [9.17, 15) is 32.3 Å². The third-order valence-corrected chi connectivity index (χ3v) is 8.35. The molecule has 0 spiro atoms. The Kier molecular flexibility index (Phi) is 11.0. The van der Waals surface area contributed by atoms with Crippen molar-refractivity contribution in [2.24, 2.45) is 5.92 Å². The molecule has 3 aromatic rings. The second-order valence-electron chi connectivity index (χ2n) is 13.4. The van der Waals surface area contributed by atoms with Crippen LogP contribution in [0.4, 0.5) is 48.6 Å². The summed E-state index contributed by atoms with van der Waals surface area (Å²) < 4.78 is 79.5. The third-order valence-electron chi connectivity index (χ3n) is 7.08. The van der Waals surface area contributed by atoms with Crippen LogP contribution >= 0.6 is 34.8 Å². The fourth-order valence-electron chi connectivity index (χ4n) is 4.88. The van der Waals surface area contributed by atoms with Crippen LogP contribution in [0.25, 0.3) is 0 Å². The van der Waals surface area contributed by atoms with E-state index in [-0.39, 0.29) is 26.7 Å². The van der Waals surface area contributed by atoms with Crippen LogP contribution in [0, 0.1) is 17.6 Å². The molecule has 2 N–H and O–H groups in total. The van der Waals surface area contributed by atoms with Crippen molar-refractivity contribution in [2.45, 2.75) is 69.2 Å². The summed E-state index contributed by atoms with van der Waals surface area (Å²) in [5, 5.41) is 4.52. The van der Waals surface area contributed by atoms with E-state index in [1.165, 1.54) is 65.8 Å². The standard InChI is InChI=1S/C34H31Cl3F5N3O6/c1-31(2,3)50-29(48)45(30(49)51-32(4,5)6)26-21(38)12-13-22(25(26)39)44-27(46)19-15-18(10-11-20(19)35)43-28(47)24-23(33(24,36)37)16-8-7-9-17(14-16)34(40,41)42/h7-15,23-24H,1-6H3,(H,43,47)(H,44,46)/t23-,24+/m0/s1. The summed E-state index contributed by atoms with van der Waals surface area (Å²) in [4.78, 5) is 52.6. The Balaban J connectivity index is 1.59. The van der Waals surface area contributed by atoms with Crippen LogP contribution in [0.3, 0.4) is 0 Å². The molecule has 2 atom stereocenters. The number of alkyl halides is 5. The third kappa shape index (κ3) is 9.21. The van der Waals surface area contributed by atoms with Gasteiger partial charge >= 0.3 is 18.4 Å². The minimum atomic E-state index is -4.64. The van der Waals surface area contributed by atoms with Gasteiger partial charge in [0.25, 0.3) is 5.91 Å². The average Bonchev–Trinajstić information content (AvgIpc) is 3.57. The van der Waals surface area contributed by atoms with Gasteiger partial charge < -0.3 is 20.1 Å². The highest BCUT2D eigenvalue weighted by atomic mass is 35.5. The summed E-state index contributed by atoms with van der Waals surface area (Å²) >= 11 is 18.8. The molecule has 0 radical (unpaired) electrons. The van der Waals surface area contributed by atoms with Gasteiger partial charge in [0.15, 0.2) is 11.6 Å². The molecule has 0 saturated heterocycles. The number of hydrogen-bond acceptors (Lipinski definition) is 6. The molecule has 1 aliphatic carbocycles. The minimum absolute atomic E-state index is 0.0188. The number of carbonyl (C=O) groups excluding carboxylic acids is 4. The molecular weight excluding hydrogens is 748 g/mol. The number of anilines is 3. The molecular formula is C34H31Cl3F5N3O6. The summed E-state index contributed by atoms with van der Waals surface area (Å²) in [7, 11) is 0. The highest BCUT2D eigenvalue weighted by molar-refractivity contribution is 6.53. The topological polar surface area (TPSA) is 114 Å². The van der Waals surface area contributed by atoms with E-state index >= 15 is 8.78 Å². The zero-order valence-corrected chi connectivity index (χ0v) is 30.0. The first-order valence-electron chi connectivity index (χ1n) is 15.0. The van der Waals surface area contributed by atoms with E-state index < -0.39 is 86.1 Å². The number of rotatable bonds is 6. The number of carbonyl (C=O) groups is 4. The monoisotopic (exact) mass is 777 g/mol. The average molecular weight is 779 g/mol. The minimum Gasteiger partial charge on any atom is -0.443 e. The van der Waals surface area contributed by atoms with Crippen molar-refractivity contribution in [3.05, 3.63) is 87.9 Å². The fourth-order valence-corrected chi connectivity index (χ4v) is 5.91. The number of amides is 4. The van der Waals surface area contributed by atoms with Crippen molar-refractivity contribution in [1.82, 2.24) is 0 Å². The molecule has 0 heterocycles. The lowest BCUT2D eigenvalue weighted by Crippen LogP contribution is -2.44. The van der Waals surface area contributed by atoms with Crippen LogP contribution in [0.1, 0.15) is 68.9 Å². The maximum absolute atomic E-state index is 15.9. The normalized spacial score (nSPS) is 16.9.